The zero-order valence-corrected chi connectivity index (χ0v) is 86.8. The summed E-state index contributed by atoms with van der Waals surface area (Å²) in [5, 5.41) is 0. The van der Waals surface area contributed by atoms with Crippen LogP contribution in [0.2, 0.25) is 143 Å². The summed E-state index contributed by atoms with van der Waals surface area (Å²) < 4.78 is 73.7. The van der Waals surface area contributed by atoms with Crippen LogP contribution in [0.4, 0.5) is 0 Å². The quantitative estimate of drug-likeness (QED) is 0.0229. The molecule has 11 rings (SSSR count). The number of rotatable bonds is 38. The number of benzene rings is 3. The van der Waals surface area contributed by atoms with E-state index in [2.05, 4.69) is 170 Å². The van der Waals surface area contributed by atoms with Gasteiger partial charge in [0.25, 0.3) is 0 Å². The van der Waals surface area contributed by atoms with Crippen molar-refractivity contribution in [2.24, 2.45) is 0 Å². The van der Waals surface area contributed by atoms with Gasteiger partial charge in [0.05, 0.1) is 38.6 Å². The Balaban J connectivity index is 0.000000205. The molecule has 3 aromatic rings. The van der Waals surface area contributed by atoms with Crippen molar-refractivity contribution >= 4 is 89.9 Å². The topological polar surface area (TPSA) is 179 Å². The van der Waals surface area contributed by atoms with Crippen LogP contribution in [0.1, 0.15) is 274 Å². The highest BCUT2D eigenvalue weighted by Gasteiger charge is 2.46. The minimum absolute atomic E-state index is 0.0913. The van der Waals surface area contributed by atoms with Crippen molar-refractivity contribution < 1.29 is 73.5 Å². The third-order valence-electron chi connectivity index (χ3n) is 27.5. The Hall–Kier alpha value is -2.88. The molecule has 680 valence electrons. The molecule has 16 atom stereocenters. The molecule has 16 unspecified atom stereocenters. The average Bonchev–Trinajstić information content (AvgIpc) is 0.796. The molecule has 0 spiro atoms. The Kier molecular flexibility index (Phi) is 42.4. The van der Waals surface area contributed by atoms with E-state index in [0.717, 1.165) is 100 Å². The zero-order valence-electron chi connectivity index (χ0n) is 78.8. The molecule has 0 amide bonds. The first-order valence-electron chi connectivity index (χ1n) is 48.2. The number of ether oxygens (including phenoxy) is 4. The van der Waals surface area contributed by atoms with Crippen LogP contribution in [0.5, 0.6) is 11.5 Å². The molecule has 8 fully saturated rings. The van der Waals surface area contributed by atoms with E-state index in [4.69, 9.17) is 54.4 Å². The van der Waals surface area contributed by atoms with E-state index in [1.807, 2.05) is 0 Å². The monoisotopic (exact) mass is 1800 g/mol. The molecule has 0 bridgehead atoms. The summed E-state index contributed by atoms with van der Waals surface area (Å²) in [5.41, 5.74) is 4.85. The molecule has 120 heavy (non-hydrogen) atoms. The van der Waals surface area contributed by atoms with Gasteiger partial charge in [0, 0.05) is 91.9 Å². The number of carbonyl (C=O) groups is 4. The van der Waals surface area contributed by atoms with E-state index in [1.165, 1.54) is 167 Å². The highest BCUT2D eigenvalue weighted by atomic mass is 28.4. The molecular formula is C96H168O16Si8. The summed E-state index contributed by atoms with van der Waals surface area (Å²) in [6, 6.07) is 41.1. The average molecular weight is 1800 g/mol. The van der Waals surface area contributed by atoms with Gasteiger partial charge < -0.3 is 54.4 Å². The maximum atomic E-state index is 12.7. The van der Waals surface area contributed by atoms with Gasteiger partial charge in [-0.3, -0.25) is 14.4 Å². The van der Waals surface area contributed by atoms with E-state index < -0.39 is 66.5 Å². The lowest BCUT2D eigenvalue weighted by Crippen LogP contribution is -2.52. The van der Waals surface area contributed by atoms with Gasteiger partial charge >= 0.3 is 5.97 Å². The number of carbonyl (C=O) groups excluding carboxylic acids is 4. The molecule has 0 aromatic heterocycles. The normalized spacial score (nSPS) is 32.2. The maximum absolute atomic E-state index is 12.7. The Morgan fingerprint density at radius 3 is 0.925 bits per heavy atom. The molecule has 8 saturated heterocycles. The lowest BCUT2D eigenvalue weighted by Gasteiger charge is -2.43. The third kappa shape index (κ3) is 36.7. The lowest BCUT2D eigenvalue weighted by atomic mass is 9.78. The van der Waals surface area contributed by atoms with Gasteiger partial charge in [0.15, 0.2) is 72.3 Å². The Morgan fingerprint density at radius 2 is 0.608 bits per heavy atom. The van der Waals surface area contributed by atoms with Crippen molar-refractivity contribution in [3.8, 4) is 11.5 Å². The summed E-state index contributed by atoms with van der Waals surface area (Å²) >= 11 is 0. The van der Waals surface area contributed by atoms with E-state index >= 15 is 0 Å². The Labute approximate surface area is 737 Å². The predicted octanol–water partition coefficient (Wildman–Crippen LogP) is 25.9. The second-order valence-corrected chi connectivity index (χ2v) is 74.4. The summed E-state index contributed by atoms with van der Waals surface area (Å²) in [6.07, 6.45) is 31.9. The van der Waals surface area contributed by atoms with Crippen LogP contribution in [-0.2, 0) is 59.9 Å². The third-order valence-corrected chi connectivity index (χ3v) is 61.1. The molecule has 0 saturated carbocycles. The van der Waals surface area contributed by atoms with Gasteiger partial charge in [-0.1, -0.05) is 102 Å². The molecule has 0 aliphatic carbocycles. The fourth-order valence-electron chi connectivity index (χ4n) is 20.8. The fourth-order valence-corrected chi connectivity index (χ4v) is 54.1. The van der Waals surface area contributed by atoms with Crippen LogP contribution in [0.3, 0.4) is 0 Å². The van der Waals surface area contributed by atoms with Crippen LogP contribution in [-0.4, -0.2) is 172 Å². The van der Waals surface area contributed by atoms with Crippen molar-refractivity contribution in [3.63, 3.8) is 0 Å². The van der Waals surface area contributed by atoms with Crippen molar-refractivity contribution in [1.82, 2.24) is 0 Å². The largest absolute Gasteiger partial charge is 0.494 e. The summed E-state index contributed by atoms with van der Waals surface area (Å²) in [7, 11) is -12.4. The van der Waals surface area contributed by atoms with Gasteiger partial charge in [-0.05, 0) is 335 Å². The summed E-state index contributed by atoms with van der Waals surface area (Å²) in [5.74, 6) is 2.19. The molecule has 0 N–H and O–H groups in total. The van der Waals surface area contributed by atoms with Crippen LogP contribution < -0.4 is 9.47 Å². The van der Waals surface area contributed by atoms with E-state index in [-0.39, 0.29) is 28.7 Å². The number of ketones is 3. The highest BCUT2D eigenvalue weighted by molar-refractivity contribution is 6.91. The van der Waals surface area contributed by atoms with Crippen LogP contribution >= 0.6 is 0 Å². The lowest BCUT2D eigenvalue weighted by molar-refractivity contribution is -0.120. The first-order chi connectivity index (χ1) is 56.9. The first-order valence-corrected chi connectivity index (χ1v) is 70.7. The second kappa shape index (κ2) is 49.6. The summed E-state index contributed by atoms with van der Waals surface area (Å²) in [4.78, 5) is 49.5. The number of Topliss-reactive ketones (excluding diaryl/α,β-unsaturated/α-hetero) is 3. The van der Waals surface area contributed by atoms with Crippen LogP contribution in [0.15, 0.2) is 72.8 Å². The predicted molar refractivity (Wildman–Crippen MR) is 512 cm³/mol. The fraction of sp³-hybridized carbons (Fsp3) is 0.771. The van der Waals surface area contributed by atoms with E-state index in [0.29, 0.717) is 112 Å². The maximum Gasteiger partial charge on any atom is 0.338 e. The van der Waals surface area contributed by atoms with E-state index in [9.17, 15) is 19.2 Å². The van der Waals surface area contributed by atoms with Gasteiger partial charge in [-0.2, -0.15) is 0 Å². The molecule has 8 aliphatic heterocycles. The number of hydrogen-bond donors (Lipinski definition) is 0. The minimum Gasteiger partial charge on any atom is -0.494 e. The van der Waals surface area contributed by atoms with Crippen molar-refractivity contribution in [2.75, 3.05) is 33.0 Å². The first kappa shape index (κ1) is 103. The smallest absolute Gasteiger partial charge is 0.338 e. The Morgan fingerprint density at radius 1 is 0.333 bits per heavy atom. The molecule has 16 nitrogen and oxygen atoms in total. The van der Waals surface area contributed by atoms with Gasteiger partial charge in [0.2, 0.25) is 0 Å². The van der Waals surface area contributed by atoms with Crippen LogP contribution in [0.25, 0.3) is 0 Å². The zero-order chi connectivity index (χ0) is 87.1. The molecule has 8 aliphatic rings. The SMILES string of the molecule is CC1CCC[Si](C)(CCCC(=O)CCOCCC(=O)CCC[Si]2(C)CCCC(C)O2)O1.CC1CCC[Si](C)(CCCOC(=O)c2cccc(C(=O)CCC[Si]3(C)CCCC(C)O3)c2)O1.CC1CCC[Si](C)(CCCOc2ccc(C(C)(C)c3ccc(OCCC[Si]4(C)CCCC(C)O4)cc3)cc2)O1.CC1CCC[Si](C)(C[Si]2(C)CCCC(C)O2)O1. The minimum atomic E-state index is -1.67. The molecule has 3 aromatic carbocycles. The standard InChI is InChI=1S/C33H52O4Si2.C26H42O5Si2.C24H46O5Si2.C13H28O2Si2/c1-27-11-7-23-38(5,36-27)25-9-21-34-31-17-13-29(14-18-31)33(3,4)30-15-19-32(20-16-30)35-22-10-26-39(6)24-8-12-28(2)37-39;1-21-10-6-16-32(3,30-21)18-8-14-25(27)23-12-5-13-24(20-23)26(28)29-15-9-19-33(4)17-7-11-22(2)31-33;1-21-9-5-17-30(3,28-21)19-7-11-23(25)13-15-27-16-14-24(26)12-8-20-31(4)18-6-10-22(2)29-31;1-12-7-5-9-16(3,14-12)11-17(4)10-6-8-13(2)15-17/h13-20,27-28H,7-12,21-26H2,1-6H3;5,12-13,20-22H,6-11,14-19H2,1-4H3;21-22H,5-20H2,1-4H3;12-13H,5-11H2,1-4H3. The number of esters is 1. The molecule has 8 heterocycles. The highest BCUT2D eigenvalue weighted by Crippen LogP contribution is 2.41. The van der Waals surface area contributed by atoms with Crippen LogP contribution in [0, 0.1) is 0 Å². The van der Waals surface area contributed by atoms with E-state index in [1.54, 1.807) is 24.3 Å². The van der Waals surface area contributed by atoms with Crippen molar-refractivity contribution in [1.29, 1.82) is 0 Å². The number of hydrogen-bond acceptors (Lipinski definition) is 16. The van der Waals surface area contributed by atoms with Gasteiger partial charge in [-0.15, -0.1) is 0 Å². The van der Waals surface area contributed by atoms with Crippen molar-refractivity contribution in [2.45, 2.75) is 440 Å². The Bertz CT molecular complexity index is 3390. The second-order valence-electron chi connectivity index (χ2n) is 40.9. The summed E-state index contributed by atoms with van der Waals surface area (Å²) in [6.45, 7) is 43.9. The molecular weight excluding hydrogens is 1630 g/mol. The molecule has 0 radical (unpaired) electrons. The van der Waals surface area contributed by atoms with Crippen molar-refractivity contribution in [3.05, 3.63) is 95.1 Å². The molecule has 24 heteroatoms. The van der Waals surface area contributed by atoms with Gasteiger partial charge in [-0.25, -0.2) is 4.79 Å². The van der Waals surface area contributed by atoms with Gasteiger partial charge in [0.1, 0.15) is 23.1 Å².